The number of rotatable bonds is 3. The molecule has 1 fully saturated rings. The normalized spacial score (nSPS) is 18.5. The van der Waals surface area contributed by atoms with Crippen molar-refractivity contribution in [1.82, 2.24) is 4.31 Å². The van der Waals surface area contributed by atoms with Gasteiger partial charge in [0.25, 0.3) is 0 Å². The fourth-order valence-electron chi connectivity index (χ4n) is 2.19. The van der Waals surface area contributed by atoms with Crippen molar-refractivity contribution in [2.75, 3.05) is 13.1 Å². The molecule has 0 bridgehead atoms. The number of sulfonamides is 1. The highest BCUT2D eigenvalue weighted by Gasteiger charge is 2.28. The van der Waals surface area contributed by atoms with E-state index in [0.717, 1.165) is 12.8 Å². The van der Waals surface area contributed by atoms with Gasteiger partial charge in [-0.05, 0) is 36.4 Å². The van der Waals surface area contributed by atoms with Gasteiger partial charge < -0.3 is 10.0 Å². The van der Waals surface area contributed by atoms with Gasteiger partial charge >= 0.3 is 7.12 Å². The zero-order valence-electron chi connectivity index (χ0n) is 10.9. The molecule has 1 aliphatic rings. The van der Waals surface area contributed by atoms with Gasteiger partial charge in [-0.15, -0.1) is 0 Å². The van der Waals surface area contributed by atoms with Gasteiger partial charge in [-0.1, -0.05) is 19.1 Å². The van der Waals surface area contributed by atoms with E-state index in [0.29, 0.717) is 19.0 Å². The highest BCUT2D eigenvalue weighted by Crippen LogP contribution is 2.22. The van der Waals surface area contributed by atoms with E-state index in [1.54, 1.807) is 0 Å². The zero-order valence-corrected chi connectivity index (χ0v) is 11.7. The van der Waals surface area contributed by atoms with E-state index in [9.17, 15) is 8.42 Å². The predicted molar refractivity (Wildman–Crippen MR) is 73.4 cm³/mol. The monoisotopic (exact) mass is 283 g/mol. The van der Waals surface area contributed by atoms with Gasteiger partial charge in [-0.2, -0.15) is 4.31 Å². The Morgan fingerprint density at radius 3 is 2.16 bits per heavy atom. The summed E-state index contributed by atoms with van der Waals surface area (Å²) in [6.07, 6.45) is 1.76. The molecule has 0 amide bonds. The topological polar surface area (TPSA) is 77.8 Å². The molecule has 0 aliphatic carbocycles. The molecule has 7 heteroatoms. The summed E-state index contributed by atoms with van der Waals surface area (Å²) in [5, 5.41) is 18.0. The highest BCUT2D eigenvalue weighted by molar-refractivity contribution is 7.89. The van der Waals surface area contributed by atoms with Crippen LogP contribution in [0.2, 0.25) is 0 Å². The number of piperidine rings is 1. The lowest BCUT2D eigenvalue weighted by atomic mass is 9.81. The summed E-state index contributed by atoms with van der Waals surface area (Å²) in [4.78, 5) is 0.200. The van der Waals surface area contributed by atoms with Gasteiger partial charge in [0.15, 0.2) is 0 Å². The molecule has 2 rings (SSSR count). The van der Waals surface area contributed by atoms with Crippen LogP contribution >= 0.6 is 0 Å². The van der Waals surface area contributed by atoms with Crippen molar-refractivity contribution in [2.45, 2.75) is 24.7 Å². The second-order valence-corrected chi connectivity index (χ2v) is 6.97. The summed E-state index contributed by atoms with van der Waals surface area (Å²) in [6, 6.07) is 5.68. The Hall–Kier alpha value is -0.885. The lowest BCUT2D eigenvalue weighted by molar-refractivity contribution is 0.288. The van der Waals surface area contributed by atoms with E-state index in [-0.39, 0.29) is 10.4 Å². The van der Waals surface area contributed by atoms with Crippen LogP contribution in [0.3, 0.4) is 0 Å². The predicted octanol–water partition coefficient (Wildman–Crippen LogP) is -0.213. The molecule has 5 nitrogen and oxygen atoms in total. The summed E-state index contributed by atoms with van der Waals surface area (Å²) in [5.41, 5.74) is 0.284. The first-order valence-corrected chi connectivity index (χ1v) is 7.81. The molecule has 1 saturated heterocycles. The molecule has 0 aromatic heterocycles. The largest absolute Gasteiger partial charge is 0.488 e. The Labute approximate surface area is 114 Å². The van der Waals surface area contributed by atoms with Crippen LogP contribution in [-0.2, 0) is 10.0 Å². The Bertz CT molecular complexity index is 521. The molecule has 0 unspecified atom stereocenters. The fourth-order valence-corrected chi connectivity index (χ4v) is 3.66. The molecule has 104 valence electrons. The zero-order chi connectivity index (χ0) is 14.0. The Morgan fingerprint density at radius 1 is 1.16 bits per heavy atom. The SMILES string of the molecule is CC1CCN(S(=O)(=O)c2ccc(B(O)O)cc2)CC1. The maximum atomic E-state index is 12.4. The third-order valence-electron chi connectivity index (χ3n) is 3.56. The fraction of sp³-hybridized carbons (Fsp3) is 0.500. The molecule has 0 radical (unpaired) electrons. The molecule has 1 aliphatic heterocycles. The first kappa shape index (κ1) is 14.5. The maximum absolute atomic E-state index is 12.4. The minimum absolute atomic E-state index is 0.200. The molecular weight excluding hydrogens is 265 g/mol. The third-order valence-corrected chi connectivity index (χ3v) is 5.47. The number of nitrogens with zero attached hydrogens (tertiary/aromatic N) is 1. The minimum Gasteiger partial charge on any atom is -0.423 e. The van der Waals surface area contributed by atoms with Crippen LogP contribution in [0.1, 0.15) is 19.8 Å². The summed E-state index contributed by atoms with van der Waals surface area (Å²) in [7, 11) is -5.03. The van der Waals surface area contributed by atoms with Crippen molar-refractivity contribution in [2.24, 2.45) is 5.92 Å². The standard InChI is InChI=1S/C12H18BNO4S/c1-10-6-8-14(9-7-10)19(17,18)12-4-2-11(3-5-12)13(15)16/h2-5,10,15-16H,6-9H2,1H3. The van der Waals surface area contributed by atoms with Crippen LogP contribution in [0, 0.1) is 5.92 Å². The molecule has 0 atom stereocenters. The van der Waals surface area contributed by atoms with Crippen molar-refractivity contribution in [3.63, 3.8) is 0 Å². The average molecular weight is 283 g/mol. The molecule has 2 N–H and O–H groups in total. The summed E-state index contributed by atoms with van der Waals surface area (Å²) >= 11 is 0. The molecule has 19 heavy (non-hydrogen) atoms. The first-order chi connectivity index (χ1) is 8.91. The van der Waals surface area contributed by atoms with Crippen LogP contribution in [0.4, 0.5) is 0 Å². The average Bonchev–Trinajstić information content (AvgIpc) is 2.39. The summed E-state index contributed by atoms with van der Waals surface area (Å²) in [5.74, 6) is 0.568. The van der Waals surface area contributed by atoms with E-state index >= 15 is 0 Å². The lowest BCUT2D eigenvalue weighted by Gasteiger charge is -2.29. The smallest absolute Gasteiger partial charge is 0.423 e. The first-order valence-electron chi connectivity index (χ1n) is 6.37. The van der Waals surface area contributed by atoms with E-state index in [4.69, 9.17) is 10.0 Å². The number of hydrogen-bond donors (Lipinski definition) is 2. The van der Waals surface area contributed by atoms with Crippen molar-refractivity contribution < 1.29 is 18.5 Å². The van der Waals surface area contributed by atoms with Crippen molar-refractivity contribution in [3.05, 3.63) is 24.3 Å². The van der Waals surface area contributed by atoms with Crippen molar-refractivity contribution in [1.29, 1.82) is 0 Å². The second kappa shape index (κ2) is 5.62. The second-order valence-electron chi connectivity index (χ2n) is 5.03. The molecule has 0 spiro atoms. The third kappa shape index (κ3) is 3.17. The van der Waals surface area contributed by atoms with E-state index in [2.05, 4.69) is 6.92 Å². The molecule has 1 heterocycles. The minimum atomic E-state index is -3.46. The summed E-state index contributed by atoms with van der Waals surface area (Å²) in [6.45, 7) is 3.23. The van der Waals surface area contributed by atoms with Crippen molar-refractivity contribution in [3.8, 4) is 0 Å². The molecule has 0 saturated carbocycles. The van der Waals surface area contributed by atoms with Crippen molar-refractivity contribution >= 4 is 22.6 Å². The summed E-state index contributed by atoms with van der Waals surface area (Å²) < 4.78 is 26.2. The van der Waals surface area contributed by atoms with Gasteiger partial charge in [0.1, 0.15) is 0 Å². The quantitative estimate of drug-likeness (QED) is 0.752. The Balaban J connectivity index is 2.19. The number of hydrogen-bond acceptors (Lipinski definition) is 4. The van der Waals surface area contributed by atoms with Crippen LogP contribution in [-0.4, -0.2) is 43.0 Å². The van der Waals surface area contributed by atoms with Crippen LogP contribution in [0.15, 0.2) is 29.2 Å². The molecule has 1 aromatic carbocycles. The van der Waals surface area contributed by atoms with E-state index in [1.165, 1.54) is 28.6 Å². The maximum Gasteiger partial charge on any atom is 0.488 e. The van der Waals surface area contributed by atoms with Gasteiger partial charge in [0, 0.05) is 13.1 Å². The van der Waals surface area contributed by atoms with E-state index < -0.39 is 17.1 Å². The van der Waals surface area contributed by atoms with Gasteiger partial charge in [-0.25, -0.2) is 8.42 Å². The van der Waals surface area contributed by atoms with Crippen LogP contribution in [0.5, 0.6) is 0 Å². The number of benzene rings is 1. The van der Waals surface area contributed by atoms with Crippen LogP contribution in [0.25, 0.3) is 0 Å². The Morgan fingerprint density at radius 2 is 1.68 bits per heavy atom. The molecular formula is C12H18BNO4S. The Kier molecular flexibility index (Phi) is 4.30. The van der Waals surface area contributed by atoms with Gasteiger partial charge in [0.2, 0.25) is 10.0 Å². The molecule has 1 aromatic rings. The van der Waals surface area contributed by atoms with Gasteiger partial charge in [-0.3, -0.25) is 0 Å². The lowest BCUT2D eigenvalue weighted by Crippen LogP contribution is -2.38. The van der Waals surface area contributed by atoms with E-state index in [1.807, 2.05) is 0 Å². The highest BCUT2D eigenvalue weighted by atomic mass is 32.2. The van der Waals surface area contributed by atoms with Crippen LogP contribution < -0.4 is 5.46 Å². The van der Waals surface area contributed by atoms with Gasteiger partial charge in [0.05, 0.1) is 4.90 Å².